The number of nitrogens with zero attached hydrogens (tertiary/aromatic N) is 2. The zero-order chi connectivity index (χ0) is 13.6. The molecule has 0 aromatic carbocycles. The molecule has 1 aliphatic heterocycles. The molecule has 1 heterocycles. The van der Waals surface area contributed by atoms with E-state index in [1.807, 2.05) is 4.90 Å². The summed E-state index contributed by atoms with van der Waals surface area (Å²) in [6.07, 6.45) is 0.567. The Hall–Kier alpha value is -0.650. The maximum absolute atomic E-state index is 12.0. The SMILES string of the molecule is CC(C)(C)NCCC(=O)N1CCN(CCO)CC1. The first kappa shape index (κ1) is 15.4. The number of nitrogens with one attached hydrogen (secondary N) is 1. The van der Waals surface area contributed by atoms with E-state index < -0.39 is 0 Å². The minimum Gasteiger partial charge on any atom is -0.395 e. The van der Waals surface area contributed by atoms with Crippen LogP contribution in [0.25, 0.3) is 0 Å². The van der Waals surface area contributed by atoms with E-state index in [1.165, 1.54) is 0 Å². The lowest BCUT2D eigenvalue weighted by atomic mass is 10.1. The summed E-state index contributed by atoms with van der Waals surface area (Å²) in [6.45, 7) is 11.3. The van der Waals surface area contributed by atoms with E-state index in [4.69, 9.17) is 5.11 Å². The molecule has 1 fully saturated rings. The van der Waals surface area contributed by atoms with Gasteiger partial charge < -0.3 is 15.3 Å². The number of carbonyl (C=O) groups excluding carboxylic acids is 1. The number of rotatable bonds is 5. The Morgan fingerprint density at radius 3 is 2.33 bits per heavy atom. The van der Waals surface area contributed by atoms with E-state index in [1.54, 1.807) is 0 Å². The molecule has 0 atom stereocenters. The summed E-state index contributed by atoms with van der Waals surface area (Å²) >= 11 is 0. The van der Waals surface area contributed by atoms with Crippen molar-refractivity contribution < 1.29 is 9.90 Å². The van der Waals surface area contributed by atoms with Crippen molar-refractivity contribution in [3.8, 4) is 0 Å². The van der Waals surface area contributed by atoms with Gasteiger partial charge in [-0.15, -0.1) is 0 Å². The van der Waals surface area contributed by atoms with Crippen LogP contribution in [0.2, 0.25) is 0 Å². The summed E-state index contributed by atoms with van der Waals surface area (Å²) in [5.41, 5.74) is 0.0695. The van der Waals surface area contributed by atoms with Crippen LogP contribution in [-0.4, -0.2) is 72.2 Å². The van der Waals surface area contributed by atoms with Crippen LogP contribution in [0.3, 0.4) is 0 Å². The number of hydrogen-bond donors (Lipinski definition) is 2. The lowest BCUT2D eigenvalue weighted by Gasteiger charge is -2.34. The second kappa shape index (κ2) is 7.07. The molecule has 0 aromatic rings. The zero-order valence-corrected chi connectivity index (χ0v) is 11.9. The monoisotopic (exact) mass is 257 g/mol. The molecule has 1 aliphatic rings. The summed E-state index contributed by atoms with van der Waals surface area (Å²) < 4.78 is 0. The Bertz CT molecular complexity index is 255. The van der Waals surface area contributed by atoms with Crippen LogP contribution in [0.5, 0.6) is 0 Å². The summed E-state index contributed by atoms with van der Waals surface area (Å²) in [5, 5.41) is 12.2. The highest BCUT2D eigenvalue weighted by Crippen LogP contribution is 2.04. The van der Waals surface area contributed by atoms with Gasteiger partial charge in [0.25, 0.3) is 0 Å². The third kappa shape index (κ3) is 5.80. The molecule has 0 radical (unpaired) electrons. The average molecular weight is 257 g/mol. The number of aliphatic hydroxyl groups is 1. The fourth-order valence-corrected chi connectivity index (χ4v) is 2.06. The van der Waals surface area contributed by atoms with Gasteiger partial charge in [0, 0.05) is 51.2 Å². The Morgan fingerprint density at radius 1 is 1.22 bits per heavy atom. The van der Waals surface area contributed by atoms with Crippen molar-refractivity contribution in [1.82, 2.24) is 15.1 Å². The molecule has 1 saturated heterocycles. The van der Waals surface area contributed by atoms with Gasteiger partial charge in [-0.3, -0.25) is 9.69 Å². The second-order valence-electron chi connectivity index (χ2n) is 5.87. The summed E-state index contributed by atoms with van der Waals surface area (Å²) in [7, 11) is 0. The third-order valence-corrected chi connectivity index (χ3v) is 3.14. The lowest BCUT2D eigenvalue weighted by molar-refractivity contribution is -0.132. The van der Waals surface area contributed by atoms with Gasteiger partial charge in [-0.05, 0) is 20.8 Å². The smallest absolute Gasteiger partial charge is 0.223 e. The Labute approximate surface area is 110 Å². The van der Waals surface area contributed by atoms with Crippen LogP contribution in [0.1, 0.15) is 27.2 Å². The first-order valence-electron chi connectivity index (χ1n) is 6.78. The topological polar surface area (TPSA) is 55.8 Å². The van der Waals surface area contributed by atoms with Gasteiger partial charge in [-0.2, -0.15) is 0 Å². The molecule has 18 heavy (non-hydrogen) atoms. The molecule has 0 unspecified atom stereocenters. The van der Waals surface area contributed by atoms with Gasteiger partial charge >= 0.3 is 0 Å². The first-order chi connectivity index (χ1) is 8.42. The normalized spacial score (nSPS) is 18.1. The number of aliphatic hydroxyl groups excluding tert-OH is 1. The van der Waals surface area contributed by atoms with Crippen molar-refractivity contribution in [2.75, 3.05) is 45.9 Å². The highest BCUT2D eigenvalue weighted by molar-refractivity contribution is 5.76. The van der Waals surface area contributed by atoms with Crippen LogP contribution in [0, 0.1) is 0 Å². The van der Waals surface area contributed by atoms with Crippen LogP contribution in [-0.2, 0) is 4.79 Å². The van der Waals surface area contributed by atoms with Crippen molar-refractivity contribution in [2.45, 2.75) is 32.7 Å². The molecule has 0 spiro atoms. The molecule has 106 valence electrons. The molecular weight excluding hydrogens is 230 g/mol. The van der Waals surface area contributed by atoms with Crippen LogP contribution < -0.4 is 5.32 Å². The van der Waals surface area contributed by atoms with Crippen molar-refractivity contribution in [3.63, 3.8) is 0 Å². The van der Waals surface area contributed by atoms with E-state index >= 15 is 0 Å². The number of hydrogen-bond acceptors (Lipinski definition) is 4. The van der Waals surface area contributed by atoms with E-state index in [0.717, 1.165) is 32.7 Å². The molecule has 2 N–H and O–H groups in total. The molecule has 0 aliphatic carbocycles. The first-order valence-corrected chi connectivity index (χ1v) is 6.78. The average Bonchev–Trinajstić information content (AvgIpc) is 2.28. The maximum Gasteiger partial charge on any atom is 0.223 e. The number of carbonyl (C=O) groups is 1. The molecule has 5 heteroatoms. The Morgan fingerprint density at radius 2 is 1.83 bits per heavy atom. The fourth-order valence-electron chi connectivity index (χ4n) is 2.06. The molecule has 0 aromatic heterocycles. The van der Waals surface area contributed by atoms with Gasteiger partial charge in [-0.25, -0.2) is 0 Å². The molecule has 1 rings (SSSR count). The molecular formula is C13H27N3O2. The fraction of sp³-hybridized carbons (Fsp3) is 0.923. The van der Waals surface area contributed by atoms with Crippen LogP contribution in [0.15, 0.2) is 0 Å². The van der Waals surface area contributed by atoms with Gasteiger partial charge in [0.05, 0.1) is 6.61 Å². The quantitative estimate of drug-likeness (QED) is 0.722. The molecule has 0 bridgehead atoms. The minimum absolute atomic E-state index is 0.0695. The van der Waals surface area contributed by atoms with E-state index in [9.17, 15) is 4.79 Å². The predicted molar refractivity (Wildman–Crippen MR) is 72.5 cm³/mol. The van der Waals surface area contributed by atoms with Gasteiger partial charge in [0.2, 0.25) is 5.91 Å². The van der Waals surface area contributed by atoms with Crippen LogP contribution >= 0.6 is 0 Å². The lowest BCUT2D eigenvalue weighted by Crippen LogP contribution is -2.50. The van der Waals surface area contributed by atoms with E-state index in [2.05, 4.69) is 31.0 Å². The third-order valence-electron chi connectivity index (χ3n) is 3.14. The molecule has 1 amide bonds. The summed E-state index contributed by atoms with van der Waals surface area (Å²) in [6, 6.07) is 0. The maximum atomic E-state index is 12.0. The van der Waals surface area contributed by atoms with Gasteiger partial charge in [0.1, 0.15) is 0 Å². The molecule has 5 nitrogen and oxygen atoms in total. The summed E-state index contributed by atoms with van der Waals surface area (Å²) in [5.74, 6) is 0.232. The largest absolute Gasteiger partial charge is 0.395 e. The van der Waals surface area contributed by atoms with Crippen molar-refractivity contribution >= 4 is 5.91 Å². The van der Waals surface area contributed by atoms with E-state index in [0.29, 0.717) is 13.0 Å². The standard InChI is InChI=1S/C13H27N3O2/c1-13(2,3)14-5-4-12(18)16-8-6-15(7-9-16)10-11-17/h14,17H,4-11H2,1-3H3. The molecule has 0 saturated carbocycles. The second-order valence-corrected chi connectivity index (χ2v) is 5.87. The van der Waals surface area contributed by atoms with Crippen molar-refractivity contribution in [1.29, 1.82) is 0 Å². The minimum atomic E-state index is 0.0695. The number of β-amino-alcohol motifs (C(OH)–C–C–N with tert-alkyl or cyclic N) is 1. The van der Waals surface area contributed by atoms with Gasteiger partial charge in [-0.1, -0.05) is 0 Å². The van der Waals surface area contributed by atoms with Crippen molar-refractivity contribution in [3.05, 3.63) is 0 Å². The van der Waals surface area contributed by atoms with E-state index in [-0.39, 0.29) is 18.1 Å². The Balaban J connectivity index is 2.20. The highest BCUT2D eigenvalue weighted by atomic mass is 16.3. The number of piperazine rings is 1. The van der Waals surface area contributed by atoms with Crippen molar-refractivity contribution in [2.24, 2.45) is 0 Å². The van der Waals surface area contributed by atoms with Crippen LogP contribution in [0.4, 0.5) is 0 Å². The number of amides is 1. The Kier molecular flexibility index (Phi) is 6.05. The zero-order valence-electron chi connectivity index (χ0n) is 11.9. The summed E-state index contributed by atoms with van der Waals surface area (Å²) in [4.78, 5) is 16.1. The highest BCUT2D eigenvalue weighted by Gasteiger charge is 2.20. The predicted octanol–water partition coefficient (Wildman–Crippen LogP) is -0.0989. The van der Waals surface area contributed by atoms with Gasteiger partial charge in [0.15, 0.2) is 0 Å².